The lowest BCUT2D eigenvalue weighted by molar-refractivity contribution is -0.138. The number of nitrogens with one attached hydrogen (secondary N) is 3. The molecule has 0 bridgehead atoms. The third kappa shape index (κ3) is 6.38. The van der Waals surface area contributed by atoms with E-state index in [1.807, 2.05) is 52.8 Å². The number of carboxylic acid groups (broad SMARTS) is 2. The van der Waals surface area contributed by atoms with Crippen molar-refractivity contribution < 1.29 is 29.4 Å². The van der Waals surface area contributed by atoms with E-state index in [0.717, 1.165) is 44.8 Å². The van der Waals surface area contributed by atoms with E-state index in [-0.39, 0.29) is 49.5 Å². The lowest BCUT2D eigenvalue weighted by Crippen LogP contribution is -2.30. The Bertz CT molecular complexity index is 1610. The number of aliphatic imine (C=N–C) groups is 1. The quantitative estimate of drug-likeness (QED) is 0.251. The summed E-state index contributed by atoms with van der Waals surface area (Å²) in [6, 6.07) is -0.254. The van der Waals surface area contributed by atoms with Crippen LogP contribution in [0.25, 0.3) is 12.2 Å². The molecule has 1 aromatic heterocycles. The molecule has 0 unspecified atom stereocenters. The summed E-state index contributed by atoms with van der Waals surface area (Å²) in [4.78, 5) is 56.0. The number of nitrogens with zero attached hydrogens (tertiary/aromatic N) is 1. The molecule has 1 saturated heterocycles. The van der Waals surface area contributed by atoms with E-state index in [1.54, 1.807) is 6.08 Å². The topological polar surface area (TPSA) is 161 Å². The zero-order valence-corrected chi connectivity index (χ0v) is 25.2. The molecule has 0 aliphatic carbocycles. The van der Waals surface area contributed by atoms with E-state index in [9.17, 15) is 29.4 Å². The Balaban J connectivity index is 1.79. The minimum atomic E-state index is -0.926. The summed E-state index contributed by atoms with van der Waals surface area (Å²) in [5.74, 6) is -2.39. The molecule has 226 valence electrons. The van der Waals surface area contributed by atoms with Gasteiger partial charge < -0.3 is 25.8 Å². The molecule has 10 heteroatoms. The number of aliphatic carboxylic acids is 2. The van der Waals surface area contributed by atoms with E-state index in [1.165, 1.54) is 0 Å². The largest absolute Gasteiger partial charge is 0.481 e. The van der Waals surface area contributed by atoms with Crippen LogP contribution in [0.5, 0.6) is 0 Å². The van der Waals surface area contributed by atoms with Crippen LogP contribution in [0, 0.1) is 12.8 Å². The van der Waals surface area contributed by atoms with Crippen molar-refractivity contribution in [3.63, 3.8) is 0 Å². The molecule has 0 aromatic carbocycles. The molecule has 3 aliphatic rings. The smallest absolute Gasteiger partial charge is 0.303 e. The fraction of sp³-hybridized carbons (Fsp3) is 0.364. The summed E-state index contributed by atoms with van der Waals surface area (Å²) in [6.45, 7) is 13.2. The summed E-state index contributed by atoms with van der Waals surface area (Å²) in [5.41, 5.74) is 9.05. The van der Waals surface area contributed by atoms with E-state index in [4.69, 9.17) is 4.99 Å². The number of carbonyl (C=O) groups is 4. The van der Waals surface area contributed by atoms with Gasteiger partial charge in [0.15, 0.2) is 0 Å². The number of allylic oxidation sites excluding steroid dienone is 4. The van der Waals surface area contributed by atoms with Crippen molar-refractivity contribution in [3.05, 3.63) is 80.5 Å². The highest BCUT2D eigenvalue weighted by Gasteiger charge is 2.32. The van der Waals surface area contributed by atoms with Crippen molar-refractivity contribution in [2.45, 2.75) is 72.8 Å². The van der Waals surface area contributed by atoms with E-state index in [0.29, 0.717) is 29.1 Å². The Kier molecular flexibility index (Phi) is 9.18. The Hall–Kier alpha value is -4.73. The van der Waals surface area contributed by atoms with Crippen LogP contribution in [-0.2, 0) is 25.6 Å². The molecule has 0 radical (unpaired) electrons. The first-order valence-electron chi connectivity index (χ1n) is 14.3. The van der Waals surface area contributed by atoms with E-state index in [2.05, 4.69) is 22.2 Å². The predicted octanol–water partition coefficient (Wildman–Crippen LogP) is 4.76. The molecule has 3 aliphatic heterocycles. The fourth-order valence-corrected chi connectivity index (χ4v) is 5.88. The van der Waals surface area contributed by atoms with Crippen LogP contribution in [0.3, 0.4) is 0 Å². The molecular weight excluding hydrogens is 548 g/mol. The first-order valence-corrected chi connectivity index (χ1v) is 14.3. The Labute approximate surface area is 250 Å². The third-order valence-corrected chi connectivity index (χ3v) is 8.49. The molecule has 0 saturated carbocycles. The minimum Gasteiger partial charge on any atom is -0.481 e. The van der Waals surface area contributed by atoms with Crippen LogP contribution in [0.15, 0.2) is 63.0 Å². The van der Waals surface area contributed by atoms with Crippen molar-refractivity contribution >= 4 is 41.6 Å². The average molecular weight is 587 g/mol. The zero-order valence-electron chi connectivity index (χ0n) is 25.2. The van der Waals surface area contributed by atoms with Gasteiger partial charge in [-0.2, -0.15) is 0 Å². The highest BCUT2D eigenvalue weighted by Crippen LogP contribution is 2.35. The number of carbonyl (C=O) groups excluding carboxylic acids is 2. The number of amides is 2. The van der Waals surface area contributed by atoms with Gasteiger partial charge in [-0.15, -0.1) is 0 Å². The van der Waals surface area contributed by atoms with Crippen LogP contribution in [0.2, 0.25) is 0 Å². The predicted molar refractivity (Wildman–Crippen MR) is 165 cm³/mol. The molecule has 5 N–H and O–H groups in total. The molecular formula is C33H38N4O6. The summed E-state index contributed by atoms with van der Waals surface area (Å²) in [7, 11) is 0. The van der Waals surface area contributed by atoms with Gasteiger partial charge in [0.2, 0.25) is 5.91 Å². The molecule has 10 nitrogen and oxygen atoms in total. The van der Waals surface area contributed by atoms with Crippen LogP contribution in [0.4, 0.5) is 0 Å². The summed E-state index contributed by atoms with van der Waals surface area (Å²) >= 11 is 0. The van der Waals surface area contributed by atoms with Crippen LogP contribution >= 0.6 is 0 Å². The highest BCUT2D eigenvalue weighted by atomic mass is 16.4. The molecule has 1 aromatic rings. The maximum absolute atomic E-state index is 12.4. The maximum Gasteiger partial charge on any atom is 0.303 e. The number of aromatic nitrogens is 1. The molecule has 4 heterocycles. The summed E-state index contributed by atoms with van der Waals surface area (Å²) in [6.07, 6.45) is 7.97. The van der Waals surface area contributed by atoms with Crippen LogP contribution < -0.4 is 10.6 Å². The first-order chi connectivity index (χ1) is 20.4. The third-order valence-electron chi connectivity index (χ3n) is 8.49. The van der Waals surface area contributed by atoms with Gasteiger partial charge in [-0.1, -0.05) is 18.7 Å². The van der Waals surface area contributed by atoms with Crippen molar-refractivity contribution in [1.29, 1.82) is 0 Å². The molecule has 2 amide bonds. The molecule has 1 fully saturated rings. The van der Waals surface area contributed by atoms with E-state index < -0.39 is 11.9 Å². The fourth-order valence-electron chi connectivity index (χ4n) is 5.88. The Morgan fingerprint density at radius 2 is 1.70 bits per heavy atom. The second kappa shape index (κ2) is 12.6. The lowest BCUT2D eigenvalue weighted by atomic mass is 9.95. The van der Waals surface area contributed by atoms with Crippen LogP contribution in [-0.4, -0.2) is 50.7 Å². The van der Waals surface area contributed by atoms with Crippen molar-refractivity contribution in [3.8, 4) is 0 Å². The summed E-state index contributed by atoms with van der Waals surface area (Å²) in [5, 5.41) is 24.8. The zero-order chi connectivity index (χ0) is 31.6. The summed E-state index contributed by atoms with van der Waals surface area (Å²) < 4.78 is 0. The van der Waals surface area contributed by atoms with Gasteiger partial charge in [0.25, 0.3) is 5.91 Å². The molecule has 2 atom stereocenters. The van der Waals surface area contributed by atoms with Crippen molar-refractivity contribution in [1.82, 2.24) is 15.6 Å². The molecule has 43 heavy (non-hydrogen) atoms. The van der Waals surface area contributed by atoms with Gasteiger partial charge in [-0.05, 0) is 93.0 Å². The first kappa shape index (κ1) is 31.2. The molecule has 4 rings (SSSR count). The number of hydrogen-bond donors (Lipinski definition) is 5. The van der Waals surface area contributed by atoms with Gasteiger partial charge in [0.05, 0.1) is 17.7 Å². The van der Waals surface area contributed by atoms with Gasteiger partial charge in [-0.3, -0.25) is 24.2 Å². The standard InChI is InChI=1S/C33H38N4O6/c1-7-20-19(6)32(42)37-27(20)14-25-18(5)23(10-12-31(40)41)29(35-25)15-28-22(9-11-30(38)39)17(4)24(34-28)13-26-16(3)21(8-2)33(43)36-26/h7-8,14-15,19,26,35H,2,9-13H2,1,3-6H3,(H,36,43)(H,37,42)(H,38,39)(H,40,41)/b20-7-,27-14-,28-15-/t19-,26-/m0/s1. The molecule has 0 spiro atoms. The lowest BCUT2D eigenvalue weighted by Gasteiger charge is -2.13. The van der Waals surface area contributed by atoms with Gasteiger partial charge in [0.1, 0.15) is 0 Å². The maximum atomic E-state index is 12.4. The number of carboxylic acids is 2. The highest BCUT2D eigenvalue weighted by molar-refractivity contribution is 6.07. The normalized spacial score (nSPS) is 23.1. The Morgan fingerprint density at radius 3 is 2.30 bits per heavy atom. The van der Waals surface area contributed by atoms with Crippen molar-refractivity contribution in [2.75, 3.05) is 0 Å². The second-order valence-electron chi connectivity index (χ2n) is 11.1. The average Bonchev–Trinajstić information content (AvgIpc) is 3.59. The number of aromatic amines is 1. The number of hydrogen-bond acceptors (Lipinski definition) is 5. The SMILES string of the molecule is C=CC1=C(C)[C@H](CC2=N/C(=C\c3[nH]c(/C=C4\NC(=O)[C@@H](C)\C4=C\C)c(C)c3CCC(=O)O)C(CCC(=O)O)=C2C)NC1=O. The van der Waals surface area contributed by atoms with Gasteiger partial charge in [0, 0.05) is 47.6 Å². The number of H-pyrrole nitrogens is 1. The second-order valence-corrected chi connectivity index (χ2v) is 11.1. The minimum absolute atomic E-state index is 0.0767. The number of rotatable bonds is 11. The van der Waals surface area contributed by atoms with Crippen molar-refractivity contribution in [2.24, 2.45) is 10.9 Å². The monoisotopic (exact) mass is 586 g/mol. The van der Waals surface area contributed by atoms with Gasteiger partial charge in [-0.25, -0.2) is 0 Å². The van der Waals surface area contributed by atoms with Crippen LogP contribution in [0.1, 0.15) is 75.9 Å². The van der Waals surface area contributed by atoms with Gasteiger partial charge >= 0.3 is 11.9 Å². The Morgan fingerprint density at radius 1 is 1.02 bits per heavy atom. The van der Waals surface area contributed by atoms with E-state index >= 15 is 0 Å².